The van der Waals surface area contributed by atoms with Crippen molar-refractivity contribution in [3.05, 3.63) is 0 Å². The molecule has 2 rings (SSSR count). The fourth-order valence-electron chi connectivity index (χ4n) is 3.35. The number of rotatable bonds is 6. The fraction of sp³-hybridized carbons (Fsp3) is 0.941. The summed E-state index contributed by atoms with van der Waals surface area (Å²) >= 11 is 0. The van der Waals surface area contributed by atoms with Gasteiger partial charge in [-0.05, 0) is 39.2 Å². The Morgan fingerprint density at radius 1 is 1.21 bits per heavy atom. The highest BCUT2D eigenvalue weighted by atomic mass is 127. The molecule has 0 aromatic carbocycles. The highest BCUT2D eigenvalue weighted by Gasteiger charge is 2.21. The van der Waals surface area contributed by atoms with Crippen LogP contribution in [0.2, 0.25) is 0 Å². The van der Waals surface area contributed by atoms with Crippen molar-refractivity contribution in [1.29, 1.82) is 0 Å². The molecule has 1 atom stereocenters. The Balaban J connectivity index is 0.00000288. The second kappa shape index (κ2) is 12.3. The van der Waals surface area contributed by atoms with Crippen molar-refractivity contribution < 1.29 is 4.74 Å². The number of likely N-dealkylation sites (tertiary alicyclic amines) is 1. The molecule has 2 N–H and O–H groups in total. The van der Waals surface area contributed by atoms with Crippen LogP contribution in [0.1, 0.15) is 26.7 Å². The maximum absolute atomic E-state index is 5.38. The minimum absolute atomic E-state index is 0. The maximum Gasteiger partial charge on any atom is 0.191 e. The van der Waals surface area contributed by atoms with Crippen molar-refractivity contribution in [2.24, 2.45) is 10.9 Å². The molecule has 0 aromatic heterocycles. The largest absolute Gasteiger partial charge is 0.379 e. The summed E-state index contributed by atoms with van der Waals surface area (Å²) in [4.78, 5) is 9.37. The molecule has 0 aliphatic carbocycles. The van der Waals surface area contributed by atoms with Gasteiger partial charge >= 0.3 is 0 Å². The van der Waals surface area contributed by atoms with E-state index >= 15 is 0 Å². The Hall–Kier alpha value is -0.120. The van der Waals surface area contributed by atoms with Gasteiger partial charge < -0.3 is 20.3 Å². The Kier molecular flexibility index (Phi) is 11.2. The number of nitrogens with one attached hydrogen (secondary N) is 2. The normalized spacial score (nSPS) is 23.8. The molecule has 2 aliphatic heterocycles. The van der Waals surface area contributed by atoms with Crippen LogP contribution in [0.15, 0.2) is 4.99 Å². The summed E-state index contributed by atoms with van der Waals surface area (Å²) in [7, 11) is 1.85. The summed E-state index contributed by atoms with van der Waals surface area (Å²) in [6.07, 6.45) is 2.63. The van der Waals surface area contributed by atoms with Crippen LogP contribution in [0.25, 0.3) is 0 Å². The summed E-state index contributed by atoms with van der Waals surface area (Å²) in [6.45, 7) is 13.8. The molecule has 7 heteroatoms. The highest BCUT2D eigenvalue weighted by Crippen LogP contribution is 2.17. The van der Waals surface area contributed by atoms with Crippen molar-refractivity contribution in [2.45, 2.75) is 32.7 Å². The number of halogens is 1. The Morgan fingerprint density at radius 2 is 1.96 bits per heavy atom. The van der Waals surface area contributed by atoms with Crippen LogP contribution in [0, 0.1) is 5.92 Å². The average molecular weight is 453 g/mol. The van der Waals surface area contributed by atoms with Gasteiger partial charge in [0.05, 0.1) is 13.2 Å². The van der Waals surface area contributed by atoms with E-state index in [1.165, 1.54) is 25.9 Å². The molecule has 1 unspecified atom stereocenters. The van der Waals surface area contributed by atoms with Gasteiger partial charge in [-0.3, -0.25) is 9.89 Å². The molecule has 0 spiro atoms. The smallest absolute Gasteiger partial charge is 0.191 e. The number of piperidine rings is 1. The van der Waals surface area contributed by atoms with Crippen LogP contribution in [0.5, 0.6) is 0 Å². The van der Waals surface area contributed by atoms with E-state index in [-0.39, 0.29) is 24.0 Å². The maximum atomic E-state index is 5.38. The summed E-state index contributed by atoms with van der Waals surface area (Å²) in [5.74, 6) is 1.66. The standard InChI is InChI=1S/C17H35N5O.HI/c1-15(2)22-7-4-5-16(14-22)13-20-17(18-3)19-6-8-21-9-11-23-12-10-21;/h15-16H,4-14H2,1-3H3,(H2,18,19,20);1H. The summed E-state index contributed by atoms with van der Waals surface area (Å²) in [6, 6.07) is 0.656. The third kappa shape index (κ3) is 7.84. The Bertz CT molecular complexity index is 361. The second-order valence-corrected chi connectivity index (χ2v) is 6.93. The molecule has 2 fully saturated rings. The first-order valence-electron chi connectivity index (χ1n) is 9.17. The fourth-order valence-corrected chi connectivity index (χ4v) is 3.35. The zero-order valence-electron chi connectivity index (χ0n) is 15.6. The van der Waals surface area contributed by atoms with Gasteiger partial charge in [-0.15, -0.1) is 24.0 Å². The van der Waals surface area contributed by atoms with E-state index in [0.29, 0.717) is 6.04 Å². The van der Waals surface area contributed by atoms with Crippen molar-refractivity contribution in [2.75, 3.05) is 66.1 Å². The van der Waals surface area contributed by atoms with E-state index in [4.69, 9.17) is 4.74 Å². The first-order valence-corrected chi connectivity index (χ1v) is 9.17. The molecule has 142 valence electrons. The van der Waals surface area contributed by atoms with Crippen LogP contribution in [0.4, 0.5) is 0 Å². The molecule has 24 heavy (non-hydrogen) atoms. The van der Waals surface area contributed by atoms with Crippen molar-refractivity contribution in [3.63, 3.8) is 0 Å². The number of morpholine rings is 1. The molecule has 0 amide bonds. The second-order valence-electron chi connectivity index (χ2n) is 6.93. The van der Waals surface area contributed by atoms with E-state index in [2.05, 4.69) is 39.3 Å². The first kappa shape index (κ1) is 21.9. The van der Waals surface area contributed by atoms with Crippen LogP contribution in [-0.2, 0) is 4.74 Å². The summed E-state index contributed by atoms with van der Waals surface area (Å²) in [5, 5.41) is 6.94. The van der Waals surface area contributed by atoms with Crippen LogP contribution >= 0.6 is 24.0 Å². The van der Waals surface area contributed by atoms with Crippen LogP contribution < -0.4 is 10.6 Å². The van der Waals surface area contributed by atoms with Gasteiger partial charge in [0.15, 0.2) is 5.96 Å². The molecule has 6 nitrogen and oxygen atoms in total. The van der Waals surface area contributed by atoms with E-state index in [9.17, 15) is 0 Å². The van der Waals surface area contributed by atoms with Crippen molar-refractivity contribution in [3.8, 4) is 0 Å². The van der Waals surface area contributed by atoms with Gasteiger partial charge in [0.2, 0.25) is 0 Å². The monoisotopic (exact) mass is 453 g/mol. The van der Waals surface area contributed by atoms with E-state index in [0.717, 1.165) is 57.8 Å². The van der Waals surface area contributed by atoms with Crippen LogP contribution in [-0.4, -0.2) is 87.9 Å². The third-order valence-electron chi connectivity index (χ3n) is 4.89. The van der Waals surface area contributed by atoms with E-state index in [1.807, 2.05) is 7.05 Å². The number of guanidine groups is 1. The van der Waals surface area contributed by atoms with Gasteiger partial charge in [0, 0.05) is 52.4 Å². The molecule has 0 bridgehead atoms. The van der Waals surface area contributed by atoms with Gasteiger partial charge in [-0.1, -0.05) is 0 Å². The zero-order valence-corrected chi connectivity index (χ0v) is 17.9. The number of hydrogen-bond acceptors (Lipinski definition) is 4. The number of hydrogen-bond donors (Lipinski definition) is 2. The van der Waals surface area contributed by atoms with E-state index in [1.54, 1.807) is 0 Å². The first-order chi connectivity index (χ1) is 11.2. The van der Waals surface area contributed by atoms with Gasteiger partial charge in [-0.25, -0.2) is 0 Å². The summed E-state index contributed by atoms with van der Waals surface area (Å²) < 4.78 is 5.38. The van der Waals surface area contributed by atoms with Crippen LogP contribution in [0.3, 0.4) is 0 Å². The average Bonchev–Trinajstić information content (AvgIpc) is 2.59. The quantitative estimate of drug-likeness (QED) is 0.360. The molecule has 2 heterocycles. The van der Waals surface area contributed by atoms with Gasteiger partial charge in [0.1, 0.15) is 0 Å². The number of ether oxygens (including phenoxy) is 1. The predicted molar refractivity (Wildman–Crippen MR) is 111 cm³/mol. The highest BCUT2D eigenvalue weighted by molar-refractivity contribution is 14.0. The zero-order chi connectivity index (χ0) is 16.5. The molecule has 0 aromatic rings. The number of nitrogens with zero attached hydrogens (tertiary/aromatic N) is 3. The SMILES string of the molecule is CN=C(NCCN1CCOCC1)NCC1CCCN(C(C)C)C1.I. The molecule has 0 radical (unpaired) electrons. The van der Waals surface area contributed by atoms with E-state index < -0.39 is 0 Å². The summed E-state index contributed by atoms with van der Waals surface area (Å²) in [5.41, 5.74) is 0. The minimum Gasteiger partial charge on any atom is -0.379 e. The van der Waals surface area contributed by atoms with Gasteiger partial charge in [-0.2, -0.15) is 0 Å². The molecule has 0 saturated carbocycles. The molecular weight excluding hydrogens is 417 g/mol. The lowest BCUT2D eigenvalue weighted by atomic mass is 9.97. The molecule has 2 saturated heterocycles. The lowest BCUT2D eigenvalue weighted by Crippen LogP contribution is -2.47. The minimum atomic E-state index is 0. The third-order valence-corrected chi connectivity index (χ3v) is 4.89. The predicted octanol–water partition coefficient (Wildman–Crippen LogP) is 1.22. The molecule has 2 aliphatic rings. The van der Waals surface area contributed by atoms with Crippen molar-refractivity contribution in [1.82, 2.24) is 20.4 Å². The van der Waals surface area contributed by atoms with Crippen molar-refractivity contribution >= 4 is 29.9 Å². The lowest BCUT2D eigenvalue weighted by molar-refractivity contribution is 0.0389. The number of aliphatic imine (C=N–C) groups is 1. The molecular formula is C17H36IN5O. The topological polar surface area (TPSA) is 52.1 Å². The lowest BCUT2D eigenvalue weighted by Gasteiger charge is -2.35. The Morgan fingerprint density at radius 3 is 2.62 bits per heavy atom. The Labute approximate surface area is 164 Å². The van der Waals surface area contributed by atoms with Gasteiger partial charge in [0.25, 0.3) is 0 Å².